The monoisotopic (exact) mass is 362 g/mol. The Balaban J connectivity index is 1.36. The Bertz CT molecular complexity index is 957. The molecule has 1 fully saturated rings. The van der Waals surface area contributed by atoms with Gasteiger partial charge in [0.25, 0.3) is 0 Å². The number of amides is 1. The van der Waals surface area contributed by atoms with E-state index in [2.05, 4.69) is 4.98 Å². The molecule has 4 rings (SSSR count). The van der Waals surface area contributed by atoms with Crippen LogP contribution in [0.25, 0.3) is 10.9 Å². The Morgan fingerprint density at radius 1 is 1.15 bits per heavy atom. The number of pyridine rings is 1. The number of methoxy groups -OCH3 is 1. The predicted octanol–water partition coefficient (Wildman–Crippen LogP) is 3.47. The fourth-order valence-corrected chi connectivity index (χ4v) is 3.40. The number of aromatic nitrogens is 1. The molecule has 1 amide bonds. The van der Waals surface area contributed by atoms with Crippen molar-refractivity contribution in [3.05, 3.63) is 66.2 Å². The molecule has 1 aliphatic heterocycles. The van der Waals surface area contributed by atoms with Crippen LogP contribution in [0.1, 0.15) is 12.0 Å². The maximum atomic E-state index is 12.6. The summed E-state index contributed by atoms with van der Waals surface area (Å²) in [7, 11) is 1.63. The highest BCUT2D eigenvalue weighted by Gasteiger charge is 2.27. The molecule has 0 spiro atoms. The lowest BCUT2D eigenvalue weighted by atomic mass is 10.1. The van der Waals surface area contributed by atoms with Gasteiger partial charge in [0.2, 0.25) is 11.8 Å². The van der Waals surface area contributed by atoms with E-state index in [0.717, 1.165) is 28.6 Å². The number of ether oxygens (including phenoxy) is 2. The lowest BCUT2D eigenvalue weighted by Crippen LogP contribution is -2.32. The number of carbonyl (C=O) groups excluding carboxylic acids is 1. The van der Waals surface area contributed by atoms with Crippen molar-refractivity contribution in [2.24, 2.45) is 0 Å². The van der Waals surface area contributed by atoms with Crippen molar-refractivity contribution in [1.29, 1.82) is 0 Å². The largest absolute Gasteiger partial charge is 0.497 e. The lowest BCUT2D eigenvalue weighted by molar-refractivity contribution is -0.129. The van der Waals surface area contributed by atoms with Crippen molar-refractivity contribution in [3.8, 4) is 11.6 Å². The van der Waals surface area contributed by atoms with Crippen molar-refractivity contribution in [2.45, 2.75) is 18.9 Å². The van der Waals surface area contributed by atoms with E-state index in [4.69, 9.17) is 9.47 Å². The molecule has 2 heterocycles. The van der Waals surface area contributed by atoms with Gasteiger partial charge in [0.05, 0.1) is 25.6 Å². The van der Waals surface area contributed by atoms with Gasteiger partial charge >= 0.3 is 0 Å². The lowest BCUT2D eigenvalue weighted by Gasteiger charge is -2.17. The average Bonchev–Trinajstić information content (AvgIpc) is 3.17. The first-order valence-corrected chi connectivity index (χ1v) is 9.14. The number of likely N-dealkylation sites (tertiary alicyclic amines) is 1. The van der Waals surface area contributed by atoms with Crippen molar-refractivity contribution < 1.29 is 14.3 Å². The third-order valence-electron chi connectivity index (χ3n) is 4.85. The van der Waals surface area contributed by atoms with E-state index >= 15 is 0 Å². The summed E-state index contributed by atoms with van der Waals surface area (Å²) in [6.45, 7) is 1.30. The number of carbonyl (C=O) groups is 1. The van der Waals surface area contributed by atoms with Crippen LogP contribution in [-0.2, 0) is 11.2 Å². The molecule has 1 aromatic heterocycles. The van der Waals surface area contributed by atoms with Gasteiger partial charge in [-0.2, -0.15) is 0 Å². The fraction of sp³-hybridized carbons (Fsp3) is 0.273. The second kappa shape index (κ2) is 7.66. The minimum atomic E-state index is -0.0204. The number of hydrogen-bond donors (Lipinski definition) is 0. The number of fused-ring (bicyclic) bond motifs is 1. The maximum absolute atomic E-state index is 12.6. The zero-order chi connectivity index (χ0) is 18.6. The highest BCUT2D eigenvalue weighted by Crippen LogP contribution is 2.21. The van der Waals surface area contributed by atoms with Crippen LogP contribution >= 0.6 is 0 Å². The first-order valence-electron chi connectivity index (χ1n) is 9.14. The summed E-state index contributed by atoms with van der Waals surface area (Å²) in [4.78, 5) is 19.0. The third kappa shape index (κ3) is 4.03. The minimum absolute atomic E-state index is 0.0204. The predicted molar refractivity (Wildman–Crippen MR) is 104 cm³/mol. The smallest absolute Gasteiger partial charge is 0.227 e. The molecule has 5 heteroatoms. The molecule has 0 saturated carbocycles. The summed E-state index contributed by atoms with van der Waals surface area (Å²) in [5.74, 6) is 1.49. The van der Waals surface area contributed by atoms with Crippen molar-refractivity contribution in [2.75, 3.05) is 20.2 Å². The average molecular weight is 362 g/mol. The fourth-order valence-electron chi connectivity index (χ4n) is 3.40. The van der Waals surface area contributed by atoms with E-state index in [1.165, 1.54) is 0 Å². The zero-order valence-electron chi connectivity index (χ0n) is 15.3. The minimum Gasteiger partial charge on any atom is -0.497 e. The van der Waals surface area contributed by atoms with Gasteiger partial charge in [0.1, 0.15) is 11.9 Å². The molecule has 0 radical (unpaired) electrons. The topological polar surface area (TPSA) is 51.7 Å². The van der Waals surface area contributed by atoms with Gasteiger partial charge in [-0.15, -0.1) is 0 Å². The zero-order valence-corrected chi connectivity index (χ0v) is 15.3. The van der Waals surface area contributed by atoms with Gasteiger partial charge in [0, 0.05) is 24.4 Å². The molecule has 0 unspecified atom stereocenters. The molecular formula is C22H22N2O3. The molecule has 1 atom stereocenters. The first-order chi connectivity index (χ1) is 13.2. The van der Waals surface area contributed by atoms with E-state index in [0.29, 0.717) is 25.4 Å². The van der Waals surface area contributed by atoms with Crippen LogP contribution in [0.3, 0.4) is 0 Å². The first kappa shape index (κ1) is 17.3. The standard InChI is InChI=1S/C22H22N2O3/c1-26-18-7-4-5-16(13-18)14-22(25)24-12-11-19(15-24)27-21-10-9-17-6-2-3-8-20(17)23-21/h2-10,13,19H,11-12,14-15H2,1H3/t19-/m1/s1. The number of para-hydroxylation sites is 1. The Morgan fingerprint density at radius 2 is 2.04 bits per heavy atom. The van der Waals surface area contributed by atoms with Crippen LogP contribution in [-0.4, -0.2) is 42.1 Å². The summed E-state index contributed by atoms with van der Waals surface area (Å²) in [5, 5.41) is 1.09. The molecule has 0 bridgehead atoms. The molecule has 1 aliphatic rings. The van der Waals surface area contributed by atoms with E-state index in [9.17, 15) is 4.79 Å². The van der Waals surface area contributed by atoms with Gasteiger partial charge in [0.15, 0.2) is 0 Å². The molecule has 27 heavy (non-hydrogen) atoms. The van der Waals surface area contributed by atoms with Crippen molar-refractivity contribution >= 4 is 16.8 Å². The third-order valence-corrected chi connectivity index (χ3v) is 4.85. The van der Waals surface area contributed by atoms with E-state index in [1.54, 1.807) is 7.11 Å². The Labute approximate surface area is 158 Å². The summed E-state index contributed by atoms with van der Waals surface area (Å²) in [6.07, 6.45) is 1.17. The SMILES string of the molecule is COc1cccc(CC(=O)N2CC[C@@H](Oc3ccc4ccccc4n3)C2)c1. The summed E-state index contributed by atoms with van der Waals surface area (Å²) >= 11 is 0. The van der Waals surface area contributed by atoms with Crippen LogP contribution < -0.4 is 9.47 Å². The van der Waals surface area contributed by atoms with Gasteiger partial charge in [-0.05, 0) is 29.8 Å². The van der Waals surface area contributed by atoms with Crippen LogP contribution in [0.15, 0.2) is 60.7 Å². The highest BCUT2D eigenvalue weighted by molar-refractivity contribution is 5.79. The summed E-state index contributed by atoms with van der Waals surface area (Å²) < 4.78 is 11.2. The van der Waals surface area contributed by atoms with Crippen LogP contribution in [0.5, 0.6) is 11.6 Å². The Kier molecular flexibility index (Phi) is 4.92. The molecule has 3 aromatic rings. The molecule has 0 N–H and O–H groups in total. The highest BCUT2D eigenvalue weighted by atomic mass is 16.5. The van der Waals surface area contributed by atoms with Gasteiger partial charge < -0.3 is 14.4 Å². The quantitative estimate of drug-likeness (QED) is 0.697. The van der Waals surface area contributed by atoms with E-state index in [1.807, 2.05) is 65.6 Å². The van der Waals surface area contributed by atoms with Crippen LogP contribution in [0, 0.1) is 0 Å². The molecule has 0 aliphatic carbocycles. The Hall–Kier alpha value is -3.08. The second-order valence-electron chi connectivity index (χ2n) is 6.74. The number of benzene rings is 2. The van der Waals surface area contributed by atoms with Gasteiger partial charge in [-0.3, -0.25) is 4.79 Å². The van der Waals surface area contributed by atoms with Gasteiger partial charge in [-0.25, -0.2) is 4.98 Å². The van der Waals surface area contributed by atoms with E-state index < -0.39 is 0 Å². The molecule has 138 valence electrons. The maximum Gasteiger partial charge on any atom is 0.227 e. The molecular weight excluding hydrogens is 340 g/mol. The molecule has 2 aromatic carbocycles. The second-order valence-corrected chi connectivity index (χ2v) is 6.74. The van der Waals surface area contributed by atoms with Crippen molar-refractivity contribution in [3.63, 3.8) is 0 Å². The summed E-state index contributed by atoms with van der Waals surface area (Å²) in [5.41, 5.74) is 1.87. The summed E-state index contributed by atoms with van der Waals surface area (Å²) in [6, 6.07) is 19.5. The Morgan fingerprint density at radius 3 is 2.93 bits per heavy atom. The number of nitrogens with zero attached hydrogens (tertiary/aromatic N) is 2. The van der Waals surface area contributed by atoms with Crippen molar-refractivity contribution in [1.82, 2.24) is 9.88 Å². The molecule has 5 nitrogen and oxygen atoms in total. The number of hydrogen-bond acceptors (Lipinski definition) is 4. The number of rotatable bonds is 5. The van der Waals surface area contributed by atoms with Gasteiger partial charge in [-0.1, -0.05) is 30.3 Å². The normalized spacial score (nSPS) is 16.5. The van der Waals surface area contributed by atoms with E-state index in [-0.39, 0.29) is 12.0 Å². The van der Waals surface area contributed by atoms with Crippen LogP contribution in [0.4, 0.5) is 0 Å². The van der Waals surface area contributed by atoms with Crippen LogP contribution in [0.2, 0.25) is 0 Å². The molecule has 1 saturated heterocycles.